The SMILES string of the molecule is CCNC(=NCCCc1nn(-c2ccccc2)c(N)c1C#N)N1CCC(c2ccccc2)C1. The van der Waals surface area contributed by atoms with Crippen LogP contribution >= 0.6 is 0 Å². The lowest BCUT2D eigenvalue weighted by Crippen LogP contribution is -2.40. The number of aliphatic imine (C=N–C) groups is 1. The Kier molecular flexibility index (Phi) is 7.26. The van der Waals surface area contributed by atoms with Crippen molar-refractivity contribution >= 4 is 11.8 Å². The van der Waals surface area contributed by atoms with Gasteiger partial charge in [-0.1, -0.05) is 48.5 Å². The first kappa shape index (κ1) is 22.4. The highest BCUT2D eigenvalue weighted by Gasteiger charge is 2.25. The molecule has 7 heteroatoms. The number of aryl methyl sites for hydroxylation is 1. The molecule has 0 aliphatic carbocycles. The fourth-order valence-electron chi connectivity index (χ4n) is 4.35. The Morgan fingerprint density at radius 2 is 1.91 bits per heavy atom. The lowest BCUT2D eigenvalue weighted by atomic mass is 9.99. The summed E-state index contributed by atoms with van der Waals surface area (Å²) >= 11 is 0. The first-order valence-electron chi connectivity index (χ1n) is 11.6. The number of nitrogens with two attached hydrogens (primary N) is 1. The standard InChI is InChI=1S/C26H31N7/c1-2-29-26(32-17-15-21(19-32)20-10-5-3-6-11-20)30-16-9-14-24-23(18-27)25(28)33(31-24)22-12-7-4-8-13-22/h3-8,10-13,21H,2,9,14-17,19,28H2,1H3,(H,29,30). The van der Waals surface area contributed by atoms with Crippen molar-refractivity contribution in [2.45, 2.75) is 32.1 Å². The van der Waals surface area contributed by atoms with E-state index in [9.17, 15) is 5.26 Å². The number of anilines is 1. The van der Waals surface area contributed by atoms with E-state index in [2.05, 4.69) is 58.6 Å². The highest BCUT2D eigenvalue weighted by atomic mass is 15.3. The Bertz CT molecular complexity index is 1110. The number of nitrogen functional groups attached to an aromatic ring is 1. The number of rotatable bonds is 7. The molecule has 0 amide bonds. The van der Waals surface area contributed by atoms with Crippen molar-refractivity contribution in [1.29, 1.82) is 5.26 Å². The summed E-state index contributed by atoms with van der Waals surface area (Å²) in [7, 11) is 0. The zero-order valence-corrected chi connectivity index (χ0v) is 19.1. The molecule has 2 aromatic carbocycles. The molecule has 0 radical (unpaired) electrons. The van der Waals surface area contributed by atoms with E-state index in [1.807, 2.05) is 30.3 Å². The number of hydrogen-bond donors (Lipinski definition) is 2. The molecule has 1 fully saturated rings. The maximum atomic E-state index is 9.61. The van der Waals surface area contributed by atoms with Gasteiger partial charge < -0.3 is 16.0 Å². The molecular formula is C26H31N7. The number of likely N-dealkylation sites (tertiary alicyclic amines) is 1. The van der Waals surface area contributed by atoms with Gasteiger partial charge in [-0.2, -0.15) is 10.4 Å². The lowest BCUT2D eigenvalue weighted by Gasteiger charge is -2.21. The highest BCUT2D eigenvalue weighted by molar-refractivity contribution is 5.80. The summed E-state index contributed by atoms with van der Waals surface area (Å²) in [4.78, 5) is 7.22. The van der Waals surface area contributed by atoms with Gasteiger partial charge in [0.25, 0.3) is 0 Å². The predicted molar refractivity (Wildman–Crippen MR) is 132 cm³/mol. The molecule has 0 bridgehead atoms. The number of hydrogen-bond acceptors (Lipinski definition) is 4. The Morgan fingerprint density at radius 1 is 1.18 bits per heavy atom. The van der Waals surface area contributed by atoms with Crippen LogP contribution in [-0.2, 0) is 6.42 Å². The molecule has 1 aromatic heterocycles. The molecule has 3 N–H and O–H groups in total. The predicted octanol–water partition coefficient (Wildman–Crippen LogP) is 3.71. The van der Waals surface area contributed by atoms with E-state index in [1.54, 1.807) is 4.68 Å². The van der Waals surface area contributed by atoms with Crippen LogP contribution in [0.15, 0.2) is 65.7 Å². The van der Waals surface area contributed by atoms with Gasteiger partial charge in [0, 0.05) is 32.1 Å². The first-order chi connectivity index (χ1) is 16.2. The van der Waals surface area contributed by atoms with E-state index < -0.39 is 0 Å². The summed E-state index contributed by atoms with van der Waals surface area (Å²) in [5, 5.41) is 17.7. The maximum absolute atomic E-state index is 9.61. The molecule has 1 aliphatic rings. The summed E-state index contributed by atoms with van der Waals surface area (Å²) in [5.74, 6) is 1.89. The molecule has 33 heavy (non-hydrogen) atoms. The number of para-hydroxylation sites is 1. The van der Waals surface area contributed by atoms with Crippen LogP contribution in [0.4, 0.5) is 5.82 Å². The molecule has 1 unspecified atom stereocenters. The van der Waals surface area contributed by atoms with Gasteiger partial charge in [-0.25, -0.2) is 4.68 Å². The molecular weight excluding hydrogens is 410 g/mol. The van der Waals surface area contributed by atoms with E-state index in [-0.39, 0.29) is 0 Å². The molecule has 7 nitrogen and oxygen atoms in total. The second-order valence-corrected chi connectivity index (χ2v) is 8.25. The number of nitrogens with one attached hydrogen (secondary N) is 1. The fraction of sp³-hybridized carbons (Fsp3) is 0.346. The number of benzene rings is 2. The van der Waals surface area contributed by atoms with Crippen LogP contribution < -0.4 is 11.1 Å². The molecule has 3 aromatic rings. The van der Waals surface area contributed by atoms with Gasteiger partial charge in [0.2, 0.25) is 0 Å². The summed E-state index contributed by atoms with van der Waals surface area (Å²) in [6.07, 6.45) is 2.59. The Balaban J connectivity index is 1.39. The molecule has 1 atom stereocenters. The van der Waals surface area contributed by atoms with Crippen molar-refractivity contribution in [2.24, 2.45) is 4.99 Å². The van der Waals surface area contributed by atoms with Crippen molar-refractivity contribution in [3.63, 3.8) is 0 Å². The summed E-state index contributed by atoms with van der Waals surface area (Å²) in [6.45, 7) is 5.58. The van der Waals surface area contributed by atoms with Gasteiger partial charge in [0.1, 0.15) is 17.5 Å². The minimum atomic E-state index is 0.388. The Hall–Kier alpha value is -3.79. The van der Waals surface area contributed by atoms with E-state index in [4.69, 9.17) is 10.7 Å². The average molecular weight is 442 g/mol. The fourth-order valence-corrected chi connectivity index (χ4v) is 4.35. The van der Waals surface area contributed by atoms with Crippen LogP contribution in [0.3, 0.4) is 0 Å². The molecule has 0 spiro atoms. The lowest BCUT2D eigenvalue weighted by molar-refractivity contribution is 0.485. The third-order valence-electron chi connectivity index (χ3n) is 6.03. The van der Waals surface area contributed by atoms with E-state index in [0.717, 1.165) is 49.8 Å². The monoisotopic (exact) mass is 441 g/mol. The van der Waals surface area contributed by atoms with Gasteiger partial charge in [-0.3, -0.25) is 4.99 Å². The third kappa shape index (κ3) is 5.17. The number of aromatic nitrogens is 2. The topological polar surface area (TPSA) is 95.3 Å². The van der Waals surface area contributed by atoms with Crippen molar-refractivity contribution in [3.8, 4) is 11.8 Å². The first-order valence-corrected chi connectivity index (χ1v) is 11.6. The van der Waals surface area contributed by atoms with Crippen LogP contribution in [0.2, 0.25) is 0 Å². The van der Waals surface area contributed by atoms with Crippen molar-refractivity contribution in [1.82, 2.24) is 20.0 Å². The Morgan fingerprint density at radius 3 is 2.61 bits per heavy atom. The summed E-state index contributed by atoms with van der Waals surface area (Å²) < 4.78 is 1.65. The number of guanidine groups is 1. The van der Waals surface area contributed by atoms with Gasteiger partial charge >= 0.3 is 0 Å². The molecule has 1 saturated heterocycles. The molecule has 1 aliphatic heterocycles. The molecule has 2 heterocycles. The third-order valence-corrected chi connectivity index (χ3v) is 6.03. The van der Waals surface area contributed by atoms with Gasteiger partial charge in [-0.15, -0.1) is 0 Å². The van der Waals surface area contributed by atoms with Gasteiger partial charge in [-0.05, 0) is 43.9 Å². The zero-order valence-electron chi connectivity index (χ0n) is 19.1. The van der Waals surface area contributed by atoms with Crippen molar-refractivity contribution in [2.75, 3.05) is 31.9 Å². The van der Waals surface area contributed by atoms with Crippen LogP contribution in [0.25, 0.3) is 5.69 Å². The zero-order chi connectivity index (χ0) is 23.0. The van der Waals surface area contributed by atoms with E-state index in [0.29, 0.717) is 30.3 Å². The van der Waals surface area contributed by atoms with Crippen LogP contribution in [0, 0.1) is 11.3 Å². The van der Waals surface area contributed by atoms with E-state index in [1.165, 1.54) is 5.56 Å². The maximum Gasteiger partial charge on any atom is 0.193 e. The highest BCUT2D eigenvalue weighted by Crippen LogP contribution is 2.27. The number of nitrogens with zero attached hydrogens (tertiary/aromatic N) is 5. The largest absolute Gasteiger partial charge is 0.382 e. The normalized spacial score (nSPS) is 16.1. The van der Waals surface area contributed by atoms with Crippen molar-refractivity contribution < 1.29 is 0 Å². The average Bonchev–Trinajstić information content (AvgIpc) is 3.47. The quantitative estimate of drug-likeness (QED) is 0.331. The van der Waals surface area contributed by atoms with Gasteiger partial charge in [0.15, 0.2) is 5.96 Å². The minimum absolute atomic E-state index is 0.388. The smallest absolute Gasteiger partial charge is 0.193 e. The van der Waals surface area contributed by atoms with Crippen LogP contribution in [0.1, 0.15) is 42.5 Å². The van der Waals surface area contributed by atoms with Crippen LogP contribution in [-0.4, -0.2) is 46.8 Å². The summed E-state index contributed by atoms with van der Waals surface area (Å²) in [6, 6.07) is 22.6. The van der Waals surface area contributed by atoms with Crippen LogP contribution in [0.5, 0.6) is 0 Å². The molecule has 4 rings (SSSR count). The van der Waals surface area contributed by atoms with Crippen molar-refractivity contribution in [3.05, 3.63) is 77.5 Å². The summed E-state index contributed by atoms with van der Waals surface area (Å²) in [5.41, 5.74) is 9.65. The molecule has 0 saturated carbocycles. The second-order valence-electron chi connectivity index (χ2n) is 8.25. The minimum Gasteiger partial charge on any atom is -0.382 e. The molecule has 170 valence electrons. The van der Waals surface area contributed by atoms with Gasteiger partial charge in [0.05, 0.1) is 11.4 Å². The second kappa shape index (κ2) is 10.7. The van der Waals surface area contributed by atoms with E-state index >= 15 is 0 Å². The Labute approximate surface area is 195 Å². The number of nitriles is 1.